The molecular formula is C18H23ClN2O3. The van der Waals surface area contributed by atoms with E-state index in [4.69, 9.17) is 16.3 Å². The lowest BCUT2D eigenvalue weighted by Crippen LogP contribution is -2.65. The van der Waals surface area contributed by atoms with E-state index in [-0.39, 0.29) is 17.5 Å². The van der Waals surface area contributed by atoms with Gasteiger partial charge in [0.2, 0.25) is 5.91 Å². The minimum absolute atomic E-state index is 0.268. The molecule has 2 aliphatic rings. The number of ether oxygens (including phenoxy) is 1. The summed E-state index contributed by atoms with van der Waals surface area (Å²) in [6.45, 7) is 7.16. The molecule has 0 bridgehead atoms. The van der Waals surface area contributed by atoms with Crippen LogP contribution in [0.2, 0.25) is 5.15 Å². The van der Waals surface area contributed by atoms with Crippen molar-refractivity contribution in [3.8, 4) is 0 Å². The molecule has 1 N–H and O–H groups in total. The molecule has 1 unspecified atom stereocenters. The van der Waals surface area contributed by atoms with Gasteiger partial charge in [-0.3, -0.25) is 9.59 Å². The first-order chi connectivity index (χ1) is 11.1. The average molecular weight is 351 g/mol. The highest BCUT2D eigenvalue weighted by molar-refractivity contribution is 6.29. The number of esters is 1. The van der Waals surface area contributed by atoms with Gasteiger partial charge in [-0.1, -0.05) is 24.6 Å². The van der Waals surface area contributed by atoms with Crippen LogP contribution in [0.4, 0.5) is 0 Å². The normalized spacial score (nSPS) is 24.8. The van der Waals surface area contributed by atoms with E-state index in [1.54, 1.807) is 33.8 Å². The van der Waals surface area contributed by atoms with Gasteiger partial charge >= 0.3 is 5.97 Å². The zero-order valence-corrected chi connectivity index (χ0v) is 15.3. The molecule has 0 aromatic carbocycles. The minimum Gasteiger partial charge on any atom is -0.459 e. The van der Waals surface area contributed by atoms with Crippen molar-refractivity contribution in [2.75, 3.05) is 0 Å². The number of aromatic nitrogens is 1. The maximum atomic E-state index is 13.1. The van der Waals surface area contributed by atoms with Crippen molar-refractivity contribution in [2.45, 2.75) is 69.9 Å². The number of fused-ring (bicyclic) bond motifs is 2. The van der Waals surface area contributed by atoms with Gasteiger partial charge in [0.05, 0.1) is 11.2 Å². The number of hydrogen-bond donors (Lipinski definition) is 1. The molecule has 6 heteroatoms. The Labute approximate surface area is 147 Å². The van der Waals surface area contributed by atoms with Crippen molar-refractivity contribution in [3.63, 3.8) is 0 Å². The molecule has 0 saturated heterocycles. The molecule has 2 heterocycles. The smallest absolute Gasteiger partial charge is 0.328 e. The number of nitrogens with zero attached hydrogens (tertiary/aromatic N) is 1. The van der Waals surface area contributed by atoms with E-state index in [1.165, 1.54) is 0 Å². The second kappa shape index (κ2) is 5.45. The summed E-state index contributed by atoms with van der Waals surface area (Å²) in [6, 6.07) is 3.60. The fraction of sp³-hybridized carbons (Fsp3) is 0.611. The summed E-state index contributed by atoms with van der Waals surface area (Å²) in [4.78, 5) is 30.5. The van der Waals surface area contributed by atoms with Gasteiger partial charge in [0.1, 0.15) is 10.8 Å². The second-order valence-electron chi connectivity index (χ2n) is 7.68. The highest BCUT2D eigenvalue weighted by Crippen LogP contribution is 2.50. The summed E-state index contributed by atoms with van der Waals surface area (Å²) in [5, 5.41) is 3.37. The van der Waals surface area contributed by atoms with Crippen LogP contribution in [0.5, 0.6) is 0 Å². The average Bonchev–Trinajstić information content (AvgIpc) is 2.43. The summed E-state index contributed by atoms with van der Waals surface area (Å²) in [7, 11) is 0. The molecule has 1 amide bonds. The number of carbonyl (C=O) groups excluding carboxylic acids is 2. The molecule has 1 aromatic heterocycles. The van der Waals surface area contributed by atoms with E-state index in [0.717, 1.165) is 24.8 Å². The molecule has 1 aliphatic carbocycles. The van der Waals surface area contributed by atoms with Crippen molar-refractivity contribution < 1.29 is 14.3 Å². The third-order valence-electron chi connectivity index (χ3n) is 5.01. The van der Waals surface area contributed by atoms with Gasteiger partial charge in [0, 0.05) is 5.56 Å². The SMILES string of the molecule is CCC1(C(=O)OC(C)(C)C)C(=O)NC2(CCC2)c2ccc(Cl)nc21. The van der Waals surface area contributed by atoms with Crippen molar-refractivity contribution in [1.82, 2.24) is 10.3 Å². The topological polar surface area (TPSA) is 68.3 Å². The number of hydrogen-bond acceptors (Lipinski definition) is 4. The first-order valence-corrected chi connectivity index (χ1v) is 8.76. The summed E-state index contributed by atoms with van der Waals surface area (Å²) >= 11 is 6.11. The molecule has 1 saturated carbocycles. The van der Waals surface area contributed by atoms with Crippen molar-refractivity contribution in [1.29, 1.82) is 0 Å². The van der Waals surface area contributed by atoms with E-state index < -0.39 is 22.5 Å². The van der Waals surface area contributed by atoms with Crippen LogP contribution >= 0.6 is 11.6 Å². The fourth-order valence-corrected chi connectivity index (χ4v) is 3.74. The molecule has 5 nitrogen and oxygen atoms in total. The summed E-state index contributed by atoms with van der Waals surface area (Å²) < 4.78 is 5.58. The number of pyridine rings is 1. The van der Waals surface area contributed by atoms with E-state index in [1.807, 2.05) is 6.07 Å². The van der Waals surface area contributed by atoms with Gasteiger partial charge in [-0.15, -0.1) is 0 Å². The predicted octanol–water partition coefficient (Wildman–Crippen LogP) is 3.23. The molecule has 0 radical (unpaired) electrons. The Morgan fingerprint density at radius 2 is 2.04 bits per heavy atom. The van der Waals surface area contributed by atoms with Crippen LogP contribution in [0.1, 0.15) is 64.6 Å². The van der Waals surface area contributed by atoms with Crippen LogP contribution in [0.15, 0.2) is 12.1 Å². The number of amides is 1. The zero-order chi connectivity index (χ0) is 17.8. The van der Waals surface area contributed by atoms with Crippen LogP contribution in [0.3, 0.4) is 0 Å². The Bertz CT molecular complexity index is 707. The first kappa shape index (κ1) is 17.2. The first-order valence-electron chi connectivity index (χ1n) is 8.38. The Morgan fingerprint density at radius 1 is 1.38 bits per heavy atom. The quantitative estimate of drug-likeness (QED) is 0.505. The number of nitrogens with one attached hydrogen (secondary N) is 1. The van der Waals surface area contributed by atoms with Crippen molar-refractivity contribution in [2.24, 2.45) is 0 Å². The monoisotopic (exact) mass is 350 g/mol. The zero-order valence-electron chi connectivity index (χ0n) is 14.5. The Hall–Kier alpha value is -1.62. The molecule has 24 heavy (non-hydrogen) atoms. The van der Waals surface area contributed by atoms with Gasteiger partial charge < -0.3 is 10.1 Å². The van der Waals surface area contributed by atoms with E-state index in [2.05, 4.69) is 10.3 Å². The number of halogens is 1. The van der Waals surface area contributed by atoms with Crippen molar-refractivity contribution >= 4 is 23.5 Å². The summed E-state index contributed by atoms with van der Waals surface area (Å²) in [6.07, 6.45) is 3.00. The van der Waals surface area contributed by atoms with Crippen LogP contribution in [-0.2, 0) is 25.3 Å². The molecule has 3 rings (SSSR count). The highest BCUT2D eigenvalue weighted by Gasteiger charge is 2.59. The van der Waals surface area contributed by atoms with Gasteiger partial charge in [-0.25, -0.2) is 4.98 Å². The van der Waals surface area contributed by atoms with Gasteiger partial charge in [-0.05, 0) is 52.5 Å². The summed E-state index contributed by atoms with van der Waals surface area (Å²) in [5.74, 6) is -0.901. The van der Waals surface area contributed by atoms with E-state index in [9.17, 15) is 9.59 Å². The highest BCUT2D eigenvalue weighted by atomic mass is 35.5. The Morgan fingerprint density at radius 3 is 2.54 bits per heavy atom. The van der Waals surface area contributed by atoms with Gasteiger partial charge in [0.15, 0.2) is 5.41 Å². The molecule has 1 aliphatic heterocycles. The van der Waals surface area contributed by atoms with Gasteiger partial charge in [0.25, 0.3) is 0 Å². The molecule has 1 aromatic rings. The fourth-order valence-electron chi connectivity index (χ4n) is 3.60. The molecule has 1 spiro atoms. The summed E-state index contributed by atoms with van der Waals surface area (Å²) in [5.41, 5.74) is -1.20. The predicted molar refractivity (Wildman–Crippen MR) is 90.7 cm³/mol. The van der Waals surface area contributed by atoms with Crippen LogP contribution in [0, 0.1) is 0 Å². The lowest BCUT2D eigenvalue weighted by molar-refractivity contribution is -0.167. The number of carbonyl (C=O) groups is 2. The lowest BCUT2D eigenvalue weighted by atomic mass is 9.63. The Kier molecular flexibility index (Phi) is 3.91. The van der Waals surface area contributed by atoms with Crippen LogP contribution in [-0.4, -0.2) is 22.5 Å². The van der Waals surface area contributed by atoms with E-state index >= 15 is 0 Å². The number of rotatable bonds is 2. The molecule has 1 atom stereocenters. The lowest BCUT2D eigenvalue weighted by Gasteiger charge is -2.50. The van der Waals surface area contributed by atoms with Gasteiger partial charge in [-0.2, -0.15) is 0 Å². The molecular weight excluding hydrogens is 328 g/mol. The third-order valence-corrected chi connectivity index (χ3v) is 5.22. The Balaban J connectivity index is 2.19. The van der Waals surface area contributed by atoms with Crippen LogP contribution in [0.25, 0.3) is 0 Å². The van der Waals surface area contributed by atoms with Crippen LogP contribution < -0.4 is 5.32 Å². The maximum Gasteiger partial charge on any atom is 0.328 e. The van der Waals surface area contributed by atoms with Crippen molar-refractivity contribution in [3.05, 3.63) is 28.5 Å². The molecule has 1 fully saturated rings. The molecule has 130 valence electrons. The third kappa shape index (κ3) is 2.41. The second-order valence-corrected chi connectivity index (χ2v) is 8.07. The maximum absolute atomic E-state index is 13.1. The minimum atomic E-state index is -1.45. The van der Waals surface area contributed by atoms with E-state index in [0.29, 0.717) is 5.69 Å². The standard InChI is InChI=1S/C18H23ClN2O3/c1-5-18(15(23)24-16(2,3)4)13-11(7-8-12(19)20-13)17(9-6-10-17)21-14(18)22/h7-8H,5-6,9-10H2,1-4H3,(H,21,22). The largest absolute Gasteiger partial charge is 0.459 e.